The van der Waals surface area contributed by atoms with Crippen LogP contribution >= 0.6 is 11.3 Å². The number of para-hydroxylation sites is 1. The van der Waals surface area contributed by atoms with Crippen LogP contribution in [0.15, 0.2) is 224 Å². The van der Waals surface area contributed by atoms with Crippen molar-refractivity contribution in [3.05, 3.63) is 247 Å². The molecule has 1 aliphatic rings. The van der Waals surface area contributed by atoms with Crippen molar-refractivity contribution in [2.75, 3.05) is 4.90 Å². The Labute approximate surface area is 347 Å². The molecule has 0 unspecified atom stereocenters. The van der Waals surface area contributed by atoms with Gasteiger partial charge in [-0.2, -0.15) is 0 Å². The summed E-state index contributed by atoms with van der Waals surface area (Å²) in [4.78, 5) is 2.37. The van der Waals surface area contributed by atoms with Crippen LogP contribution in [0.3, 0.4) is 0 Å². The fourth-order valence-electron chi connectivity index (χ4n) is 9.99. The molecule has 0 amide bonds. The highest BCUT2D eigenvalue weighted by Crippen LogP contribution is 2.56. The highest BCUT2D eigenvalue weighted by Gasteiger charge is 2.45. The Balaban J connectivity index is 0.993. The van der Waals surface area contributed by atoms with Crippen LogP contribution in [0.1, 0.15) is 22.3 Å². The molecule has 1 aliphatic carbocycles. The first-order chi connectivity index (χ1) is 29.3. The average Bonchev–Trinajstić information content (AvgIpc) is 3.84. The van der Waals surface area contributed by atoms with Gasteiger partial charge in [-0.05, 0) is 109 Å². The maximum atomic E-state index is 2.38. The summed E-state index contributed by atoms with van der Waals surface area (Å²) >= 11 is 1.91. The zero-order valence-corrected chi connectivity index (χ0v) is 33.0. The molecule has 10 aromatic carbocycles. The van der Waals surface area contributed by atoms with Gasteiger partial charge in [0.1, 0.15) is 0 Å². The SMILES string of the molecule is c1ccc(N(c2ccc(-c3cc4ccccc4c4c3ccc3c5ccccc5sc34)cc2)c2ccc(C3(c4ccccc4)c4ccccc4-c4ccccc43)cc2)cc1. The van der Waals surface area contributed by atoms with E-state index in [9.17, 15) is 0 Å². The third kappa shape index (κ3) is 5.10. The van der Waals surface area contributed by atoms with E-state index < -0.39 is 5.41 Å². The van der Waals surface area contributed by atoms with Crippen molar-refractivity contribution in [3.63, 3.8) is 0 Å². The highest BCUT2D eigenvalue weighted by molar-refractivity contribution is 7.26. The van der Waals surface area contributed by atoms with E-state index in [2.05, 4.69) is 229 Å². The number of hydrogen-bond acceptors (Lipinski definition) is 2. The van der Waals surface area contributed by atoms with Crippen molar-refractivity contribution in [2.24, 2.45) is 0 Å². The Morgan fingerprint density at radius 1 is 0.356 bits per heavy atom. The Bertz CT molecular complexity index is 3320. The lowest BCUT2D eigenvalue weighted by Gasteiger charge is -2.34. The summed E-state index contributed by atoms with van der Waals surface area (Å²) in [6, 6.07) is 82.8. The number of benzene rings is 10. The van der Waals surface area contributed by atoms with Crippen LogP contribution in [0.5, 0.6) is 0 Å². The van der Waals surface area contributed by atoms with E-state index in [0.29, 0.717) is 0 Å². The summed E-state index contributed by atoms with van der Waals surface area (Å²) in [5, 5.41) is 7.85. The molecule has 1 heterocycles. The lowest BCUT2D eigenvalue weighted by Crippen LogP contribution is -2.28. The number of fused-ring (bicyclic) bond motifs is 10. The van der Waals surface area contributed by atoms with Gasteiger partial charge in [0.2, 0.25) is 0 Å². The molecule has 0 radical (unpaired) electrons. The van der Waals surface area contributed by atoms with Crippen molar-refractivity contribution in [1.29, 1.82) is 0 Å². The molecule has 0 fully saturated rings. The first-order valence-electron chi connectivity index (χ1n) is 20.3. The minimum atomic E-state index is -0.434. The van der Waals surface area contributed by atoms with Gasteiger partial charge in [0.15, 0.2) is 0 Å². The highest BCUT2D eigenvalue weighted by atomic mass is 32.1. The van der Waals surface area contributed by atoms with Crippen LogP contribution < -0.4 is 4.90 Å². The summed E-state index contributed by atoms with van der Waals surface area (Å²) in [6.07, 6.45) is 0. The van der Waals surface area contributed by atoms with Crippen LogP contribution in [0.4, 0.5) is 17.1 Å². The zero-order valence-electron chi connectivity index (χ0n) is 32.2. The molecule has 12 rings (SSSR count). The molecule has 0 spiro atoms. The van der Waals surface area contributed by atoms with E-state index in [4.69, 9.17) is 0 Å². The topological polar surface area (TPSA) is 3.24 Å². The Hall–Kier alpha value is -7.26. The van der Waals surface area contributed by atoms with E-state index in [1.807, 2.05) is 11.3 Å². The summed E-state index contributed by atoms with van der Waals surface area (Å²) in [5.74, 6) is 0. The van der Waals surface area contributed by atoms with Crippen molar-refractivity contribution in [2.45, 2.75) is 5.41 Å². The van der Waals surface area contributed by atoms with E-state index in [0.717, 1.165) is 17.1 Å². The molecular weight excluding hydrogens is 731 g/mol. The molecule has 11 aromatic rings. The maximum absolute atomic E-state index is 2.38. The maximum Gasteiger partial charge on any atom is 0.0713 e. The predicted octanol–water partition coefficient (Wildman–Crippen LogP) is 15.9. The van der Waals surface area contributed by atoms with Crippen molar-refractivity contribution in [1.82, 2.24) is 0 Å². The van der Waals surface area contributed by atoms with Gasteiger partial charge in [-0.25, -0.2) is 0 Å². The molecule has 276 valence electrons. The first-order valence-corrected chi connectivity index (χ1v) is 21.2. The minimum absolute atomic E-state index is 0.434. The van der Waals surface area contributed by atoms with Crippen LogP contribution in [0.2, 0.25) is 0 Å². The molecule has 0 aliphatic heterocycles. The van der Waals surface area contributed by atoms with Crippen LogP contribution in [0, 0.1) is 0 Å². The lowest BCUT2D eigenvalue weighted by molar-refractivity contribution is 0.768. The van der Waals surface area contributed by atoms with Gasteiger partial charge in [-0.3, -0.25) is 0 Å². The zero-order chi connectivity index (χ0) is 38.9. The average molecular weight is 768 g/mol. The Morgan fingerprint density at radius 3 is 1.59 bits per heavy atom. The third-order valence-electron chi connectivity index (χ3n) is 12.5. The van der Waals surface area contributed by atoms with Crippen LogP contribution in [0.25, 0.3) is 64.0 Å². The number of anilines is 3. The van der Waals surface area contributed by atoms with Gasteiger partial charge in [0.25, 0.3) is 0 Å². The number of rotatable bonds is 6. The van der Waals surface area contributed by atoms with Gasteiger partial charge < -0.3 is 4.90 Å². The second-order valence-electron chi connectivity index (χ2n) is 15.6. The van der Waals surface area contributed by atoms with E-state index in [1.54, 1.807) is 0 Å². The van der Waals surface area contributed by atoms with Crippen LogP contribution in [-0.4, -0.2) is 0 Å². The number of hydrogen-bond donors (Lipinski definition) is 0. The van der Waals surface area contributed by atoms with Crippen LogP contribution in [-0.2, 0) is 5.41 Å². The second kappa shape index (κ2) is 13.4. The van der Waals surface area contributed by atoms with E-state index >= 15 is 0 Å². The van der Waals surface area contributed by atoms with Crippen molar-refractivity contribution < 1.29 is 0 Å². The Kier molecular flexibility index (Phi) is 7.69. The smallest absolute Gasteiger partial charge is 0.0713 e. The van der Waals surface area contributed by atoms with Crippen molar-refractivity contribution in [3.8, 4) is 22.3 Å². The monoisotopic (exact) mass is 767 g/mol. The Morgan fingerprint density at radius 2 is 0.881 bits per heavy atom. The lowest BCUT2D eigenvalue weighted by atomic mass is 9.68. The molecule has 0 atom stereocenters. The minimum Gasteiger partial charge on any atom is -0.311 e. The second-order valence-corrected chi connectivity index (χ2v) is 16.6. The molecule has 0 bridgehead atoms. The predicted molar refractivity (Wildman–Crippen MR) is 252 cm³/mol. The fraction of sp³-hybridized carbons (Fsp3) is 0.0175. The standard InChI is InChI=1S/C57H37NS/c1-3-16-40(17-4-1)57(52-24-12-9-21-46(52)47-22-10-13-25-53(47)57)41-29-33-44(34-30-41)58(42-18-5-2-6-19-42)43-31-27-38(28-32-43)51-37-39-15-7-8-20-45(39)55-49(51)35-36-50-48-23-11-14-26-54(48)59-56(50)55/h1-37H. The third-order valence-corrected chi connectivity index (χ3v) is 13.7. The largest absolute Gasteiger partial charge is 0.311 e. The molecule has 0 saturated heterocycles. The molecule has 59 heavy (non-hydrogen) atoms. The van der Waals surface area contributed by atoms with E-state index in [-0.39, 0.29) is 0 Å². The normalized spacial score (nSPS) is 12.9. The van der Waals surface area contributed by atoms with Gasteiger partial charge in [-0.15, -0.1) is 11.3 Å². The summed E-state index contributed by atoms with van der Waals surface area (Å²) in [5.41, 5.74) is 13.1. The molecular formula is C57H37NS. The van der Waals surface area contributed by atoms with E-state index in [1.165, 1.54) is 86.2 Å². The summed E-state index contributed by atoms with van der Waals surface area (Å²) in [6.45, 7) is 0. The molecule has 0 N–H and O–H groups in total. The quantitative estimate of drug-likeness (QED) is 0.152. The van der Waals surface area contributed by atoms with Gasteiger partial charge in [0.05, 0.1) is 5.41 Å². The molecule has 0 saturated carbocycles. The number of nitrogens with zero attached hydrogens (tertiary/aromatic N) is 1. The van der Waals surface area contributed by atoms with Gasteiger partial charge in [0, 0.05) is 42.6 Å². The first kappa shape index (κ1) is 33.8. The van der Waals surface area contributed by atoms with Gasteiger partial charge >= 0.3 is 0 Å². The molecule has 1 aromatic heterocycles. The fourth-order valence-corrected chi connectivity index (χ4v) is 11.3. The molecule has 1 nitrogen and oxygen atoms in total. The summed E-state index contributed by atoms with van der Waals surface area (Å²) in [7, 11) is 0. The number of thiophene rings is 1. The molecule has 2 heteroatoms. The van der Waals surface area contributed by atoms with Gasteiger partial charge in [-0.1, -0.05) is 176 Å². The van der Waals surface area contributed by atoms with Crippen molar-refractivity contribution >= 4 is 70.1 Å². The summed E-state index contributed by atoms with van der Waals surface area (Å²) < 4.78 is 2.69.